The van der Waals surface area contributed by atoms with Crippen molar-refractivity contribution in [3.8, 4) is 5.75 Å². The molecular weight excluding hydrogens is 336 g/mol. The molecule has 0 unspecified atom stereocenters. The monoisotopic (exact) mass is 358 g/mol. The number of carbonyl (C=O) groups is 1. The van der Waals surface area contributed by atoms with E-state index in [0.717, 1.165) is 32.5 Å². The highest BCUT2D eigenvalue weighted by atomic mass is 35.5. The highest BCUT2D eigenvalue weighted by Crippen LogP contribution is 2.16. The minimum absolute atomic E-state index is 0.0336. The topological polar surface area (TPSA) is 41.6 Å². The number of likely N-dealkylation sites (tertiary alicyclic amines) is 1. The molecule has 5 heteroatoms. The first kappa shape index (κ1) is 17.8. The molecule has 2 aromatic carbocycles. The zero-order chi connectivity index (χ0) is 17.5. The van der Waals surface area contributed by atoms with Crippen LogP contribution in [0.3, 0.4) is 0 Å². The van der Waals surface area contributed by atoms with Crippen molar-refractivity contribution in [2.75, 3.05) is 19.7 Å². The summed E-state index contributed by atoms with van der Waals surface area (Å²) in [6.07, 6.45) is 1.94. The van der Waals surface area contributed by atoms with E-state index in [1.54, 1.807) is 24.3 Å². The molecule has 4 nitrogen and oxygen atoms in total. The van der Waals surface area contributed by atoms with Gasteiger partial charge in [-0.1, -0.05) is 41.9 Å². The van der Waals surface area contributed by atoms with E-state index in [-0.39, 0.29) is 18.6 Å². The third-order valence-corrected chi connectivity index (χ3v) is 4.64. The molecule has 1 N–H and O–H groups in total. The number of halogens is 1. The van der Waals surface area contributed by atoms with Gasteiger partial charge in [0.25, 0.3) is 5.91 Å². The van der Waals surface area contributed by atoms with E-state index in [1.807, 2.05) is 6.07 Å². The van der Waals surface area contributed by atoms with Crippen molar-refractivity contribution >= 4 is 17.5 Å². The fraction of sp³-hybridized carbons (Fsp3) is 0.350. The molecule has 25 heavy (non-hydrogen) atoms. The predicted molar refractivity (Wildman–Crippen MR) is 99.8 cm³/mol. The van der Waals surface area contributed by atoms with Gasteiger partial charge in [-0.3, -0.25) is 9.69 Å². The molecule has 0 radical (unpaired) electrons. The second-order valence-corrected chi connectivity index (χ2v) is 6.78. The van der Waals surface area contributed by atoms with Gasteiger partial charge in [0.1, 0.15) is 5.75 Å². The quantitative estimate of drug-likeness (QED) is 0.859. The average molecular weight is 359 g/mol. The molecule has 3 rings (SSSR count). The maximum atomic E-state index is 12.0. The summed E-state index contributed by atoms with van der Waals surface area (Å²) in [7, 11) is 0. The van der Waals surface area contributed by atoms with Crippen LogP contribution in [0, 0.1) is 0 Å². The van der Waals surface area contributed by atoms with Crippen LogP contribution in [0.5, 0.6) is 5.75 Å². The fourth-order valence-corrected chi connectivity index (χ4v) is 3.15. The van der Waals surface area contributed by atoms with E-state index in [1.165, 1.54) is 5.56 Å². The number of ether oxygens (including phenoxy) is 1. The van der Waals surface area contributed by atoms with E-state index in [0.29, 0.717) is 10.8 Å². The molecule has 1 saturated heterocycles. The van der Waals surface area contributed by atoms with Crippen molar-refractivity contribution in [1.29, 1.82) is 0 Å². The number of hydrogen-bond donors (Lipinski definition) is 1. The first-order valence-corrected chi connectivity index (χ1v) is 9.01. The molecule has 0 aliphatic carbocycles. The molecule has 132 valence electrons. The number of piperidine rings is 1. The van der Waals surface area contributed by atoms with Crippen molar-refractivity contribution in [2.24, 2.45) is 0 Å². The van der Waals surface area contributed by atoms with Crippen LogP contribution >= 0.6 is 11.6 Å². The Bertz CT molecular complexity index is 668. The van der Waals surface area contributed by atoms with Gasteiger partial charge >= 0.3 is 0 Å². The molecule has 1 aliphatic rings. The van der Waals surface area contributed by atoms with Gasteiger partial charge in [-0.25, -0.2) is 0 Å². The van der Waals surface area contributed by atoms with E-state index in [9.17, 15) is 4.79 Å². The van der Waals surface area contributed by atoms with Crippen LogP contribution in [0.2, 0.25) is 5.02 Å². The Morgan fingerprint density at radius 3 is 2.44 bits per heavy atom. The number of hydrogen-bond acceptors (Lipinski definition) is 3. The summed E-state index contributed by atoms with van der Waals surface area (Å²) in [5.74, 6) is 0.577. The molecule has 0 spiro atoms. The highest BCUT2D eigenvalue weighted by molar-refractivity contribution is 6.30. The number of nitrogens with zero attached hydrogens (tertiary/aromatic N) is 1. The largest absolute Gasteiger partial charge is 0.484 e. The van der Waals surface area contributed by atoms with Gasteiger partial charge in [0.15, 0.2) is 6.61 Å². The lowest BCUT2D eigenvalue weighted by molar-refractivity contribution is -0.124. The summed E-state index contributed by atoms with van der Waals surface area (Å²) in [5, 5.41) is 3.72. The van der Waals surface area contributed by atoms with Crippen molar-refractivity contribution in [3.63, 3.8) is 0 Å². The minimum atomic E-state index is -0.0727. The molecule has 2 aromatic rings. The Labute approximate surface area is 153 Å². The number of rotatable bonds is 6. The van der Waals surface area contributed by atoms with Crippen LogP contribution < -0.4 is 10.1 Å². The van der Waals surface area contributed by atoms with Crippen LogP contribution in [0.1, 0.15) is 18.4 Å². The zero-order valence-electron chi connectivity index (χ0n) is 14.2. The first-order chi connectivity index (χ1) is 12.2. The lowest BCUT2D eigenvalue weighted by atomic mass is 10.0. The highest BCUT2D eigenvalue weighted by Gasteiger charge is 2.20. The van der Waals surface area contributed by atoms with Gasteiger partial charge in [0.2, 0.25) is 0 Å². The summed E-state index contributed by atoms with van der Waals surface area (Å²) in [6, 6.07) is 17.7. The number of carbonyl (C=O) groups excluding carboxylic acids is 1. The van der Waals surface area contributed by atoms with E-state index < -0.39 is 0 Å². The third-order valence-electron chi connectivity index (χ3n) is 4.39. The van der Waals surface area contributed by atoms with Gasteiger partial charge in [-0.2, -0.15) is 0 Å². The predicted octanol–water partition coefficient (Wildman–Crippen LogP) is 3.50. The Hall–Kier alpha value is -2.04. The second kappa shape index (κ2) is 8.88. The Kier molecular flexibility index (Phi) is 6.31. The Balaban J connectivity index is 1.36. The molecule has 0 saturated carbocycles. The van der Waals surface area contributed by atoms with Gasteiger partial charge < -0.3 is 10.1 Å². The number of amides is 1. The van der Waals surface area contributed by atoms with Crippen LogP contribution in [0.15, 0.2) is 54.6 Å². The van der Waals surface area contributed by atoms with Gasteiger partial charge in [0, 0.05) is 30.7 Å². The molecule has 1 amide bonds. The van der Waals surface area contributed by atoms with E-state index >= 15 is 0 Å². The molecule has 1 heterocycles. The van der Waals surface area contributed by atoms with Crippen LogP contribution in [0.4, 0.5) is 0 Å². The molecule has 1 aliphatic heterocycles. The van der Waals surface area contributed by atoms with Crippen LogP contribution in [0.25, 0.3) is 0 Å². The molecular formula is C20H23ClN2O2. The third kappa shape index (κ3) is 5.76. The maximum absolute atomic E-state index is 12.0. The zero-order valence-corrected chi connectivity index (χ0v) is 14.9. The molecule has 0 aromatic heterocycles. The Morgan fingerprint density at radius 1 is 1.08 bits per heavy atom. The van der Waals surface area contributed by atoms with Crippen LogP contribution in [-0.4, -0.2) is 36.5 Å². The summed E-state index contributed by atoms with van der Waals surface area (Å²) in [5.41, 5.74) is 1.33. The van der Waals surface area contributed by atoms with Gasteiger partial charge in [-0.05, 0) is 42.7 Å². The van der Waals surface area contributed by atoms with Gasteiger partial charge in [0.05, 0.1) is 0 Å². The number of benzene rings is 2. The lowest BCUT2D eigenvalue weighted by Crippen LogP contribution is -2.45. The van der Waals surface area contributed by atoms with Crippen LogP contribution in [-0.2, 0) is 11.3 Å². The summed E-state index contributed by atoms with van der Waals surface area (Å²) in [4.78, 5) is 14.5. The van der Waals surface area contributed by atoms with E-state index in [2.05, 4.69) is 34.5 Å². The minimum Gasteiger partial charge on any atom is -0.484 e. The van der Waals surface area contributed by atoms with Crippen molar-refractivity contribution in [2.45, 2.75) is 25.4 Å². The second-order valence-electron chi connectivity index (χ2n) is 6.35. The molecule has 1 fully saturated rings. The summed E-state index contributed by atoms with van der Waals surface area (Å²) < 4.78 is 5.48. The van der Waals surface area contributed by atoms with Crippen molar-refractivity contribution in [3.05, 3.63) is 65.2 Å². The first-order valence-electron chi connectivity index (χ1n) is 8.63. The summed E-state index contributed by atoms with van der Waals surface area (Å²) >= 11 is 5.83. The fourth-order valence-electron chi connectivity index (χ4n) is 3.03. The normalized spacial score (nSPS) is 15.7. The van der Waals surface area contributed by atoms with Gasteiger partial charge in [-0.15, -0.1) is 0 Å². The smallest absolute Gasteiger partial charge is 0.258 e. The lowest BCUT2D eigenvalue weighted by Gasteiger charge is -2.32. The molecule has 0 atom stereocenters. The number of nitrogens with one attached hydrogen (secondary N) is 1. The average Bonchev–Trinajstić information content (AvgIpc) is 2.64. The maximum Gasteiger partial charge on any atom is 0.258 e. The van der Waals surface area contributed by atoms with E-state index in [4.69, 9.17) is 16.3 Å². The summed E-state index contributed by atoms with van der Waals surface area (Å²) in [6.45, 7) is 3.00. The molecule has 0 bridgehead atoms. The standard InChI is InChI=1S/C20H23ClN2O2/c21-17-6-8-19(9-7-17)25-15-20(24)22-18-10-12-23(13-11-18)14-16-4-2-1-3-5-16/h1-9,18H,10-15H2,(H,22,24). The van der Waals surface area contributed by atoms with Crippen molar-refractivity contribution < 1.29 is 9.53 Å². The van der Waals surface area contributed by atoms with Crippen molar-refractivity contribution in [1.82, 2.24) is 10.2 Å². The Morgan fingerprint density at radius 2 is 1.76 bits per heavy atom. The SMILES string of the molecule is O=C(COc1ccc(Cl)cc1)NC1CCN(Cc2ccccc2)CC1.